The van der Waals surface area contributed by atoms with Gasteiger partial charge >= 0.3 is 0 Å². The van der Waals surface area contributed by atoms with Crippen LogP contribution in [0.3, 0.4) is 0 Å². The van der Waals surface area contributed by atoms with E-state index in [2.05, 4.69) is 12.1 Å². The molecule has 0 radical (unpaired) electrons. The second-order valence-corrected chi connectivity index (χ2v) is 5.46. The third-order valence-electron chi connectivity index (χ3n) is 4.54. The molecule has 0 unspecified atom stereocenters. The lowest BCUT2D eigenvalue weighted by Gasteiger charge is -2.46. The minimum absolute atomic E-state index is 0.242. The van der Waals surface area contributed by atoms with Crippen LogP contribution in [0.15, 0.2) is 48.5 Å². The number of nitrogens with zero attached hydrogens (tertiary/aromatic N) is 2. The number of fused-ring (bicyclic) bond motifs is 1. The van der Waals surface area contributed by atoms with Crippen LogP contribution < -0.4 is 0 Å². The molecule has 0 aromatic heterocycles. The summed E-state index contributed by atoms with van der Waals surface area (Å²) in [6.45, 7) is 0. The first kappa shape index (κ1) is 10.2. The Kier molecular flexibility index (Phi) is 1.90. The molecule has 5 rings (SSSR count). The van der Waals surface area contributed by atoms with Gasteiger partial charge < -0.3 is 0 Å². The highest BCUT2D eigenvalue weighted by Gasteiger charge is 2.53. The van der Waals surface area contributed by atoms with Crippen LogP contribution in [0.25, 0.3) is 0 Å². The van der Waals surface area contributed by atoms with Crippen molar-refractivity contribution in [1.82, 2.24) is 0 Å². The molecule has 2 nitrogen and oxygen atoms in total. The van der Waals surface area contributed by atoms with Crippen LogP contribution in [-0.4, -0.2) is 0 Å². The third kappa shape index (κ3) is 1.17. The van der Waals surface area contributed by atoms with E-state index < -0.39 is 11.3 Å². The lowest BCUT2D eigenvalue weighted by atomic mass is 9.53. The molecule has 0 fully saturated rings. The molecule has 0 N–H and O–H groups in total. The number of hydrogen-bond acceptors (Lipinski definition) is 2. The summed E-state index contributed by atoms with van der Waals surface area (Å²) in [6.07, 6.45) is 0.242. The van der Waals surface area contributed by atoms with Gasteiger partial charge in [-0.15, -0.1) is 0 Å². The molecule has 0 heterocycles. The average molecular weight is 257 g/mol. The van der Waals surface area contributed by atoms with Crippen molar-refractivity contribution in [3.05, 3.63) is 70.8 Å². The van der Waals surface area contributed by atoms with Crippen molar-refractivity contribution in [3.63, 3.8) is 0 Å². The average Bonchev–Trinajstić information content (AvgIpc) is 2.55. The number of rotatable bonds is 0. The SMILES string of the molecule is [2H]C12CC(C#N)(C#N)C(c3ccccc31)c1ccccc12. The lowest BCUT2D eigenvalue weighted by Crippen LogP contribution is -2.39. The van der Waals surface area contributed by atoms with Gasteiger partial charge in [-0.3, -0.25) is 0 Å². The van der Waals surface area contributed by atoms with Gasteiger partial charge in [-0.05, 0) is 28.7 Å². The van der Waals surface area contributed by atoms with Gasteiger partial charge in [0.05, 0.1) is 12.1 Å². The maximum Gasteiger partial charge on any atom is 0.155 e. The second-order valence-electron chi connectivity index (χ2n) is 5.46. The Morgan fingerprint density at radius 3 is 1.80 bits per heavy atom. The van der Waals surface area contributed by atoms with E-state index in [4.69, 9.17) is 1.37 Å². The van der Waals surface area contributed by atoms with Crippen LogP contribution in [0.2, 0.25) is 0 Å². The highest BCUT2D eigenvalue weighted by molar-refractivity contribution is 5.59. The first-order chi connectivity index (χ1) is 10.2. The molecule has 2 bridgehead atoms. The van der Waals surface area contributed by atoms with Crippen LogP contribution in [0.4, 0.5) is 0 Å². The van der Waals surface area contributed by atoms with Gasteiger partial charge in [0.25, 0.3) is 0 Å². The summed E-state index contributed by atoms with van der Waals surface area (Å²) in [7, 11) is 0. The fourth-order valence-corrected chi connectivity index (χ4v) is 3.70. The fraction of sp³-hybridized carbons (Fsp3) is 0.222. The first-order valence-corrected chi connectivity index (χ1v) is 6.68. The molecule has 3 aliphatic carbocycles. The summed E-state index contributed by atoms with van der Waals surface area (Å²) in [5.41, 5.74) is 2.65. The third-order valence-corrected chi connectivity index (χ3v) is 4.54. The van der Waals surface area contributed by atoms with Crippen molar-refractivity contribution in [2.45, 2.75) is 18.2 Å². The van der Waals surface area contributed by atoms with E-state index in [0.29, 0.717) is 0 Å². The summed E-state index contributed by atoms with van der Waals surface area (Å²) >= 11 is 0. The summed E-state index contributed by atoms with van der Waals surface area (Å²) in [4.78, 5) is 0. The fourth-order valence-electron chi connectivity index (χ4n) is 3.70. The Morgan fingerprint density at radius 1 is 0.900 bits per heavy atom. The van der Waals surface area contributed by atoms with E-state index in [9.17, 15) is 10.5 Å². The molecule has 0 spiro atoms. The van der Waals surface area contributed by atoms with E-state index in [-0.39, 0.29) is 12.3 Å². The molecular weight excluding hydrogens is 244 g/mol. The Hall–Kier alpha value is -2.58. The van der Waals surface area contributed by atoms with Gasteiger partial charge in [0.2, 0.25) is 0 Å². The van der Waals surface area contributed by atoms with E-state index in [1.165, 1.54) is 0 Å². The van der Waals surface area contributed by atoms with Crippen molar-refractivity contribution < 1.29 is 1.37 Å². The largest absolute Gasteiger partial charge is 0.197 e. The minimum Gasteiger partial charge on any atom is -0.197 e. The van der Waals surface area contributed by atoms with Gasteiger partial charge in [0.15, 0.2) is 5.41 Å². The summed E-state index contributed by atoms with van der Waals surface area (Å²) in [5, 5.41) is 19.3. The summed E-state index contributed by atoms with van der Waals surface area (Å²) in [5.74, 6) is -1.26. The first-order valence-electron chi connectivity index (χ1n) is 7.18. The Morgan fingerprint density at radius 2 is 1.35 bits per heavy atom. The maximum atomic E-state index is 9.67. The molecule has 2 heteroatoms. The number of hydrogen-bond donors (Lipinski definition) is 0. The highest BCUT2D eigenvalue weighted by atomic mass is 14.6. The zero-order valence-corrected chi connectivity index (χ0v) is 10.8. The molecule has 94 valence electrons. The molecule has 0 saturated carbocycles. The number of nitriles is 2. The molecular formula is C18H12N2. The molecule has 0 saturated heterocycles. The van der Waals surface area contributed by atoms with E-state index in [1.807, 2.05) is 48.5 Å². The van der Waals surface area contributed by atoms with Crippen LogP contribution >= 0.6 is 0 Å². The Bertz CT molecular complexity index is 779. The molecule has 20 heavy (non-hydrogen) atoms. The molecule has 2 aromatic carbocycles. The van der Waals surface area contributed by atoms with Crippen molar-refractivity contribution in [2.24, 2.45) is 5.41 Å². The van der Waals surface area contributed by atoms with Crippen molar-refractivity contribution >= 4 is 0 Å². The second kappa shape index (κ2) is 3.71. The zero-order valence-electron chi connectivity index (χ0n) is 11.8. The van der Waals surface area contributed by atoms with E-state index in [1.54, 1.807) is 0 Å². The minimum atomic E-state index is -1.15. The summed E-state index contributed by atoms with van der Waals surface area (Å²) < 4.78 is 9.03. The molecule has 2 aromatic rings. The molecule has 0 amide bonds. The van der Waals surface area contributed by atoms with E-state index >= 15 is 0 Å². The van der Waals surface area contributed by atoms with Crippen molar-refractivity contribution in [1.29, 1.82) is 10.5 Å². The van der Waals surface area contributed by atoms with Crippen LogP contribution in [0, 0.1) is 28.1 Å². The monoisotopic (exact) mass is 257 g/mol. The number of benzene rings is 2. The van der Waals surface area contributed by atoms with Gasteiger partial charge in [-0.25, -0.2) is 0 Å². The standard InChI is InChI=1S/C18H12N2/c19-10-18(11-20)9-16-12-5-1-3-7-14(12)17(18)15-8-4-2-6-13(15)16/h1-8,16-17H,9H2/i16D. The topological polar surface area (TPSA) is 47.6 Å². The van der Waals surface area contributed by atoms with Gasteiger partial charge in [-0.1, -0.05) is 48.5 Å². The smallest absolute Gasteiger partial charge is 0.155 e. The molecule has 0 aliphatic heterocycles. The highest BCUT2D eigenvalue weighted by Crippen LogP contribution is 2.60. The lowest BCUT2D eigenvalue weighted by molar-refractivity contribution is 0.342. The van der Waals surface area contributed by atoms with Crippen LogP contribution in [-0.2, 0) is 0 Å². The molecule has 3 aliphatic rings. The van der Waals surface area contributed by atoms with Crippen molar-refractivity contribution in [2.75, 3.05) is 0 Å². The van der Waals surface area contributed by atoms with Crippen molar-refractivity contribution in [3.8, 4) is 12.1 Å². The summed E-state index contributed by atoms with van der Waals surface area (Å²) in [6, 6.07) is 20.0. The van der Waals surface area contributed by atoms with Gasteiger partial charge in [0.1, 0.15) is 0 Å². The van der Waals surface area contributed by atoms with Crippen LogP contribution in [0.5, 0.6) is 0 Å². The van der Waals surface area contributed by atoms with E-state index in [0.717, 1.165) is 22.3 Å². The van der Waals surface area contributed by atoms with Crippen LogP contribution in [0.1, 0.15) is 41.9 Å². The van der Waals surface area contributed by atoms with Gasteiger partial charge in [-0.2, -0.15) is 10.5 Å². The Labute approximate surface area is 119 Å². The normalized spacial score (nSPS) is 28.5. The predicted octanol–water partition coefficient (Wildman–Crippen LogP) is 3.70. The molecule has 0 atom stereocenters. The van der Waals surface area contributed by atoms with Gasteiger partial charge in [0, 0.05) is 13.2 Å². The quantitative estimate of drug-likeness (QED) is 0.722. The predicted molar refractivity (Wildman–Crippen MR) is 74.8 cm³/mol. The maximum absolute atomic E-state index is 9.67. The zero-order chi connectivity index (χ0) is 14.7. The Balaban J connectivity index is 2.16.